The van der Waals surface area contributed by atoms with Crippen molar-refractivity contribution in [2.75, 3.05) is 5.32 Å². The number of aromatic hydroxyl groups is 1. The molecule has 2 aromatic rings. The number of carbonyl (C=O) groups excluding carboxylic acids is 1. The zero-order chi connectivity index (χ0) is 20.7. The van der Waals surface area contributed by atoms with Crippen LogP contribution in [0.25, 0.3) is 0 Å². The first-order chi connectivity index (χ1) is 13.3. The van der Waals surface area contributed by atoms with Crippen LogP contribution in [-0.4, -0.2) is 11.0 Å². The highest BCUT2D eigenvalue weighted by Crippen LogP contribution is 2.34. The predicted octanol–water partition coefficient (Wildman–Crippen LogP) is 5.66. The highest BCUT2D eigenvalue weighted by Gasteiger charge is 2.34. The van der Waals surface area contributed by atoms with Gasteiger partial charge in [0.1, 0.15) is 5.75 Å². The van der Waals surface area contributed by atoms with E-state index in [0.717, 1.165) is 37.8 Å². The van der Waals surface area contributed by atoms with E-state index in [-0.39, 0.29) is 17.0 Å². The fourth-order valence-electron chi connectivity index (χ4n) is 2.95. The van der Waals surface area contributed by atoms with E-state index in [1.54, 1.807) is 12.1 Å². The maximum absolute atomic E-state index is 13.1. The number of anilines is 1. The van der Waals surface area contributed by atoms with E-state index in [4.69, 9.17) is 5.26 Å². The van der Waals surface area contributed by atoms with Gasteiger partial charge in [0.2, 0.25) is 0 Å². The number of benzene rings is 2. The van der Waals surface area contributed by atoms with E-state index in [1.165, 1.54) is 18.2 Å². The molecule has 0 aliphatic carbocycles. The lowest BCUT2D eigenvalue weighted by molar-refractivity contribution is -0.137. The van der Waals surface area contributed by atoms with Gasteiger partial charge in [-0.1, -0.05) is 38.3 Å². The van der Waals surface area contributed by atoms with E-state index in [2.05, 4.69) is 12.2 Å². The molecule has 0 aliphatic heterocycles. The first kappa shape index (κ1) is 21.3. The molecule has 148 valence electrons. The Kier molecular flexibility index (Phi) is 7.05. The minimum Gasteiger partial charge on any atom is -0.507 e. The molecular formula is C21H21F3N2O2. The number of aryl methyl sites for hydroxylation is 1. The van der Waals surface area contributed by atoms with Crippen LogP contribution < -0.4 is 5.32 Å². The van der Waals surface area contributed by atoms with Gasteiger partial charge in [0.15, 0.2) is 0 Å². The van der Waals surface area contributed by atoms with Crippen molar-refractivity contribution in [3.05, 3.63) is 58.7 Å². The molecule has 2 aromatic carbocycles. The highest BCUT2D eigenvalue weighted by atomic mass is 19.4. The quantitative estimate of drug-likeness (QED) is 0.599. The number of rotatable bonds is 7. The summed E-state index contributed by atoms with van der Waals surface area (Å²) in [5, 5.41) is 21.4. The zero-order valence-electron chi connectivity index (χ0n) is 15.4. The van der Waals surface area contributed by atoms with Gasteiger partial charge < -0.3 is 10.4 Å². The molecule has 7 heteroatoms. The Morgan fingerprint density at radius 2 is 1.93 bits per heavy atom. The molecule has 0 fully saturated rings. The summed E-state index contributed by atoms with van der Waals surface area (Å²) in [5.74, 6) is -0.920. The fourth-order valence-corrected chi connectivity index (χ4v) is 2.95. The minimum absolute atomic E-state index is 0.0527. The third-order valence-electron chi connectivity index (χ3n) is 4.36. The molecule has 0 saturated carbocycles. The van der Waals surface area contributed by atoms with Crippen LogP contribution in [-0.2, 0) is 12.6 Å². The lowest BCUT2D eigenvalue weighted by Gasteiger charge is -2.14. The number of amides is 1. The predicted molar refractivity (Wildman–Crippen MR) is 100 cm³/mol. The van der Waals surface area contributed by atoms with Crippen LogP contribution in [0.5, 0.6) is 5.75 Å². The van der Waals surface area contributed by atoms with Crippen molar-refractivity contribution in [2.45, 2.75) is 45.2 Å². The van der Waals surface area contributed by atoms with Crippen LogP contribution in [0, 0.1) is 11.3 Å². The van der Waals surface area contributed by atoms with Crippen molar-refractivity contribution in [1.29, 1.82) is 5.26 Å². The molecule has 0 spiro atoms. The zero-order valence-corrected chi connectivity index (χ0v) is 15.4. The summed E-state index contributed by atoms with van der Waals surface area (Å²) in [7, 11) is 0. The maximum Gasteiger partial charge on any atom is 0.417 e. The fraction of sp³-hybridized carbons (Fsp3) is 0.333. The third-order valence-corrected chi connectivity index (χ3v) is 4.36. The number of nitriles is 1. The summed E-state index contributed by atoms with van der Waals surface area (Å²) in [6, 6.07) is 9.17. The van der Waals surface area contributed by atoms with Gasteiger partial charge in [0, 0.05) is 5.69 Å². The Labute approximate surface area is 161 Å². The Balaban J connectivity index is 2.27. The molecule has 0 saturated heterocycles. The van der Waals surface area contributed by atoms with Crippen LogP contribution in [0.15, 0.2) is 36.4 Å². The van der Waals surface area contributed by atoms with Crippen molar-refractivity contribution in [2.24, 2.45) is 0 Å². The molecule has 2 rings (SSSR count). The Bertz CT molecular complexity index is 886. The molecule has 0 aromatic heterocycles. The molecule has 0 aliphatic rings. The van der Waals surface area contributed by atoms with E-state index < -0.39 is 23.2 Å². The number of alkyl halides is 3. The largest absolute Gasteiger partial charge is 0.507 e. The van der Waals surface area contributed by atoms with Gasteiger partial charge in [-0.15, -0.1) is 0 Å². The molecule has 0 bridgehead atoms. The van der Waals surface area contributed by atoms with Crippen molar-refractivity contribution >= 4 is 11.6 Å². The number of nitrogens with one attached hydrogen (secondary N) is 1. The summed E-state index contributed by atoms with van der Waals surface area (Å²) in [5.41, 5.74) is -1.05. The average Bonchev–Trinajstić information content (AvgIpc) is 2.64. The van der Waals surface area contributed by atoms with E-state index in [1.807, 2.05) is 0 Å². The second kappa shape index (κ2) is 9.27. The molecule has 0 unspecified atom stereocenters. The number of unbranched alkanes of at least 4 members (excludes halogenated alkanes) is 3. The summed E-state index contributed by atoms with van der Waals surface area (Å²) >= 11 is 0. The monoisotopic (exact) mass is 390 g/mol. The van der Waals surface area contributed by atoms with Crippen LogP contribution in [0.1, 0.15) is 59.7 Å². The molecule has 28 heavy (non-hydrogen) atoms. The Morgan fingerprint density at radius 3 is 2.57 bits per heavy atom. The van der Waals surface area contributed by atoms with Gasteiger partial charge in [-0.25, -0.2) is 0 Å². The van der Waals surface area contributed by atoms with Crippen LogP contribution in [0.2, 0.25) is 0 Å². The number of hydrogen-bond acceptors (Lipinski definition) is 3. The second-order valence-corrected chi connectivity index (χ2v) is 6.45. The number of phenolic OH excluding ortho intramolecular Hbond substituents is 1. The molecule has 0 heterocycles. The van der Waals surface area contributed by atoms with Gasteiger partial charge in [0.05, 0.1) is 22.8 Å². The number of nitrogens with zero attached hydrogens (tertiary/aromatic N) is 1. The Morgan fingerprint density at radius 1 is 1.18 bits per heavy atom. The number of phenols is 1. The number of halogens is 3. The summed E-state index contributed by atoms with van der Waals surface area (Å²) < 4.78 is 39.3. The van der Waals surface area contributed by atoms with Crippen LogP contribution in [0.3, 0.4) is 0 Å². The van der Waals surface area contributed by atoms with Crippen LogP contribution in [0.4, 0.5) is 18.9 Å². The van der Waals surface area contributed by atoms with Gasteiger partial charge >= 0.3 is 6.18 Å². The van der Waals surface area contributed by atoms with Crippen molar-refractivity contribution in [1.82, 2.24) is 0 Å². The SMILES string of the molecule is CCCCCCc1cccc(O)c1C(=O)Nc1ccc(C#N)c(C(F)(F)F)c1. The molecule has 1 amide bonds. The van der Waals surface area contributed by atoms with Gasteiger partial charge in [0.25, 0.3) is 5.91 Å². The first-order valence-electron chi connectivity index (χ1n) is 9.01. The van der Waals surface area contributed by atoms with Crippen molar-refractivity contribution in [3.63, 3.8) is 0 Å². The topological polar surface area (TPSA) is 73.1 Å². The smallest absolute Gasteiger partial charge is 0.417 e. The molecule has 0 atom stereocenters. The van der Waals surface area contributed by atoms with Gasteiger partial charge in [-0.3, -0.25) is 4.79 Å². The maximum atomic E-state index is 13.1. The van der Waals surface area contributed by atoms with Crippen molar-refractivity contribution < 1.29 is 23.1 Å². The Hall–Kier alpha value is -3.01. The van der Waals surface area contributed by atoms with Crippen molar-refractivity contribution in [3.8, 4) is 11.8 Å². The molecule has 4 nitrogen and oxygen atoms in total. The second-order valence-electron chi connectivity index (χ2n) is 6.45. The van der Waals surface area contributed by atoms with Crippen LogP contribution >= 0.6 is 0 Å². The number of hydrogen-bond donors (Lipinski definition) is 2. The normalized spacial score (nSPS) is 11.1. The van der Waals surface area contributed by atoms with E-state index in [0.29, 0.717) is 12.0 Å². The molecule has 0 radical (unpaired) electrons. The molecule has 2 N–H and O–H groups in total. The summed E-state index contributed by atoms with van der Waals surface area (Å²) in [4.78, 5) is 12.6. The summed E-state index contributed by atoms with van der Waals surface area (Å²) in [6.07, 6.45) is -0.187. The van der Waals surface area contributed by atoms with E-state index in [9.17, 15) is 23.1 Å². The molecular weight excluding hydrogens is 369 g/mol. The third kappa shape index (κ3) is 5.26. The minimum atomic E-state index is -4.72. The van der Waals surface area contributed by atoms with E-state index >= 15 is 0 Å². The summed E-state index contributed by atoms with van der Waals surface area (Å²) in [6.45, 7) is 2.08. The van der Waals surface area contributed by atoms with Gasteiger partial charge in [-0.05, 0) is 42.7 Å². The average molecular weight is 390 g/mol. The first-order valence-corrected chi connectivity index (χ1v) is 9.01. The lowest BCUT2D eigenvalue weighted by Crippen LogP contribution is -2.16. The van der Waals surface area contributed by atoms with Gasteiger partial charge in [-0.2, -0.15) is 18.4 Å². The standard InChI is InChI=1S/C21H21F3N2O2/c1-2-3-4-5-7-14-8-6-9-18(27)19(14)20(28)26-16-11-10-15(13-25)17(12-16)21(22,23)24/h6,8-12,27H,2-5,7H2,1H3,(H,26,28). The highest BCUT2D eigenvalue weighted by molar-refractivity contribution is 6.07. The lowest BCUT2D eigenvalue weighted by atomic mass is 9.99. The number of carbonyl (C=O) groups is 1.